The minimum Gasteiger partial charge on any atom is -0.295 e. The molecule has 1 aliphatic rings. The monoisotopic (exact) mass is 228 g/mol. The Morgan fingerprint density at radius 1 is 1.18 bits per heavy atom. The summed E-state index contributed by atoms with van der Waals surface area (Å²) < 4.78 is 0. The molecule has 0 saturated heterocycles. The number of rotatable bonds is 5. The number of aryl methyl sites for hydroxylation is 1. The van der Waals surface area contributed by atoms with E-state index in [4.69, 9.17) is 0 Å². The molecule has 0 atom stereocenters. The van der Waals surface area contributed by atoms with E-state index in [2.05, 4.69) is 18.2 Å². The van der Waals surface area contributed by atoms with Crippen LogP contribution in [0, 0.1) is 5.92 Å². The van der Waals surface area contributed by atoms with Crippen molar-refractivity contribution in [3.63, 3.8) is 0 Å². The molecule has 1 fully saturated rings. The van der Waals surface area contributed by atoms with Gasteiger partial charge in [-0.25, -0.2) is 0 Å². The van der Waals surface area contributed by atoms with E-state index in [-0.39, 0.29) is 5.78 Å². The maximum Gasteiger partial charge on any atom is 0.155 e. The SMILES string of the molecule is O=C(/C=C/C1CCCC1)CCc1ccccc1. The van der Waals surface area contributed by atoms with E-state index in [9.17, 15) is 4.79 Å². The first-order valence-electron chi connectivity index (χ1n) is 6.59. The minimum atomic E-state index is 0.265. The summed E-state index contributed by atoms with van der Waals surface area (Å²) in [7, 11) is 0. The molecular formula is C16H20O. The summed E-state index contributed by atoms with van der Waals surface area (Å²) in [5.41, 5.74) is 1.25. The lowest BCUT2D eigenvalue weighted by Crippen LogP contribution is -1.97. The highest BCUT2D eigenvalue weighted by atomic mass is 16.1. The van der Waals surface area contributed by atoms with Crippen LogP contribution in [0.15, 0.2) is 42.5 Å². The zero-order valence-electron chi connectivity index (χ0n) is 10.3. The number of hydrogen-bond donors (Lipinski definition) is 0. The van der Waals surface area contributed by atoms with Gasteiger partial charge in [0.05, 0.1) is 0 Å². The van der Waals surface area contributed by atoms with E-state index < -0.39 is 0 Å². The summed E-state index contributed by atoms with van der Waals surface area (Å²) in [6.07, 6.45) is 10.6. The lowest BCUT2D eigenvalue weighted by molar-refractivity contribution is -0.114. The van der Waals surface area contributed by atoms with E-state index in [1.54, 1.807) is 6.08 Å². The van der Waals surface area contributed by atoms with E-state index >= 15 is 0 Å². The molecule has 1 heteroatoms. The predicted octanol–water partition coefficient (Wildman–Crippen LogP) is 3.93. The third-order valence-electron chi connectivity index (χ3n) is 3.46. The van der Waals surface area contributed by atoms with Crippen LogP contribution in [0.4, 0.5) is 0 Å². The second kappa shape index (κ2) is 6.39. The van der Waals surface area contributed by atoms with Crippen LogP contribution < -0.4 is 0 Å². The summed E-state index contributed by atoms with van der Waals surface area (Å²) in [5, 5.41) is 0. The van der Waals surface area contributed by atoms with Gasteiger partial charge in [-0.1, -0.05) is 49.2 Å². The van der Waals surface area contributed by atoms with Crippen molar-refractivity contribution in [2.45, 2.75) is 38.5 Å². The molecule has 0 amide bonds. The van der Waals surface area contributed by atoms with Crippen molar-refractivity contribution in [3.05, 3.63) is 48.0 Å². The molecule has 0 aromatic heterocycles. The Hall–Kier alpha value is -1.37. The van der Waals surface area contributed by atoms with Gasteiger partial charge >= 0.3 is 0 Å². The van der Waals surface area contributed by atoms with Crippen molar-refractivity contribution < 1.29 is 4.79 Å². The van der Waals surface area contributed by atoms with Crippen LogP contribution in [0.25, 0.3) is 0 Å². The topological polar surface area (TPSA) is 17.1 Å². The van der Waals surface area contributed by atoms with Crippen LogP contribution in [0.2, 0.25) is 0 Å². The van der Waals surface area contributed by atoms with Crippen LogP contribution in [0.5, 0.6) is 0 Å². The van der Waals surface area contributed by atoms with Gasteiger partial charge in [-0.3, -0.25) is 4.79 Å². The first-order valence-corrected chi connectivity index (χ1v) is 6.59. The van der Waals surface area contributed by atoms with E-state index in [1.165, 1.54) is 31.2 Å². The summed E-state index contributed by atoms with van der Waals surface area (Å²) in [6, 6.07) is 10.2. The van der Waals surface area contributed by atoms with Crippen molar-refractivity contribution in [3.8, 4) is 0 Å². The third kappa shape index (κ3) is 4.18. The zero-order chi connectivity index (χ0) is 11.9. The fourth-order valence-corrected chi connectivity index (χ4v) is 2.39. The maximum absolute atomic E-state index is 11.7. The smallest absolute Gasteiger partial charge is 0.155 e. The summed E-state index contributed by atoms with van der Waals surface area (Å²) in [4.78, 5) is 11.7. The first-order chi connectivity index (χ1) is 8.34. The molecule has 1 saturated carbocycles. The Labute approximate surface area is 104 Å². The number of allylic oxidation sites excluding steroid dienone is 2. The lowest BCUT2D eigenvalue weighted by atomic mass is 10.0. The number of carbonyl (C=O) groups is 1. The van der Waals surface area contributed by atoms with Crippen LogP contribution in [-0.2, 0) is 11.2 Å². The molecule has 2 rings (SSSR count). The summed E-state index contributed by atoms with van der Waals surface area (Å²) in [5.74, 6) is 0.927. The third-order valence-corrected chi connectivity index (χ3v) is 3.46. The standard InChI is InChI=1S/C16H20O/c17-16(13-11-15-8-4-5-9-15)12-10-14-6-2-1-3-7-14/h1-3,6-7,11,13,15H,4-5,8-10,12H2/b13-11+. The number of hydrogen-bond acceptors (Lipinski definition) is 1. The molecule has 90 valence electrons. The van der Waals surface area contributed by atoms with E-state index in [1.807, 2.05) is 18.2 Å². The molecule has 1 aromatic rings. The van der Waals surface area contributed by atoms with Gasteiger partial charge in [0.2, 0.25) is 0 Å². The average Bonchev–Trinajstić information content (AvgIpc) is 2.88. The van der Waals surface area contributed by atoms with Gasteiger partial charge in [-0.2, -0.15) is 0 Å². The second-order valence-electron chi connectivity index (χ2n) is 4.86. The number of ketones is 1. The molecule has 0 bridgehead atoms. The van der Waals surface area contributed by atoms with E-state index in [0.717, 1.165) is 6.42 Å². The average molecular weight is 228 g/mol. The van der Waals surface area contributed by atoms with Crippen molar-refractivity contribution in [2.24, 2.45) is 5.92 Å². The Morgan fingerprint density at radius 2 is 1.88 bits per heavy atom. The van der Waals surface area contributed by atoms with Gasteiger partial charge < -0.3 is 0 Å². The molecule has 0 radical (unpaired) electrons. The van der Waals surface area contributed by atoms with Gasteiger partial charge in [-0.05, 0) is 36.8 Å². The predicted molar refractivity (Wildman–Crippen MR) is 70.9 cm³/mol. The summed E-state index contributed by atoms with van der Waals surface area (Å²) >= 11 is 0. The molecule has 17 heavy (non-hydrogen) atoms. The largest absolute Gasteiger partial charge is 0.295 e. The van der Waals surface area contributed by atoms with Crippen molar-refractivity contribution in [2.75, 3.05) is 0 Å². The van der Waals surface area contributed by atoms with Crippen LogP contribution >= 0.6 is 0 Å². The van der Waals surface area contributed by atoms with Crippen molar-refractivity contribution >= 4 is 5.78 Å². The highest BCUT2D eigenvalue weighted by Crippen LogP contribution is 2.25. The number of carbonyl (C=O) groups excluding carboxylic acids is 1. The van der Waals surface area contributed by atoms with Crippen LogP contribution in [0.1, 0.15) is 37.7 Å². The minimum absolute atomic E-state index is 0.265. The Bertz CT molecular complexity index is 372. The molecule has 0 aliphatic heterocycles. The van der Waals surface area contributed by atoms with E-state index in [0.29, 0.717) is 12.3 Å². The number of benzene rings is 1. The van der Waals surface area contributed by atoms with Crippen molar-refractivity contribution in [1.82, 2.24) is 0 Å². The van der Waals surface area contributed by atoms with Crippen LogP contribution in [0.3, 0.4) is 0 Å². The second-order valence-corrected chi connectivity index (χ2v) is 4.86. The van der Waals surface area contributed by atoms with Gasteiger partial charge in [-0.15, -0.1) is 0 Å². The molecule has 0 heterocycles. The zero-order valence-corrected chi connectivity index (χ0v) is 10.3. The highest BCUT2D eigenvalue weighted by Gasteiger charge is 2.11. The quantitative estimate of drug-likeness (QED) is 0.698. The van der Waals surface area contributed by atoms with Gasteiger partial charge in [0, 0.05) is 6.42 Å². The fraction of sp³-hybridized carbons (Fsp3) is 0.438. The molecule has 1 aliphatic carbocycles. The van der Waals surface area contributed by atoms with Crippen molar-refractivity contribution in [1.29, 1.82) is 0 Å². The molecule has 0 N–H and O–H groups in total. The lowest BCUT2D eigenvalue weighted by Gasteiger charge is -2.00. The normalized spacial score (nSPS) is 16.7. The van der Waals surface area contributed by atoms with Gasteiger partial charge in [0.25, 0.3) is 0 Å². The molecule has 0 spiro atoms. The summed E-state index contributed by atoms with van der Waals surface area (Å²) in [6.45, 7) is 0. The Morgan fingerprint density at radius 3 is 2.59 bits per heavy atom. The molecular weight excluding hydrogens is 208 g/mol. The fourth-order valence-electron chi connectivity index (χ4n) is 2.39. The Kier molecular flexibility index (Phi) is 4.54. The molecule has 1 aromatic carbocycles. The Balaban J connectivity index is 1.74. The maximum atomic E-state index is 11.7. The highest BCUT2D eigenvalue weighted by molar-refractivity contribution is 5.89. The van der Waals surface area contributed by atoms with Gasteiger partial charge in [0.15, 0.2) is 5.78 Å². The first kappa shape index (κ1) is 12.1. The molecule has 0 unspecified atom stereocenters. The molecule has 1 nitrogen and oxygen atoms in total. The van der Waals surface area contributed by atoms with Gasteiger partial charge in [0.1, 0.15) is 0 Å². The van der Waals surface area contributed by atoms with Crippen LogP contribution in [-0.4, -0.2) is 5.78 Å².